The third kappa shape index (κ3) is 2.79. The molecule has 1 spiro atoms. The Morgan fingerprint density at radius 1 is 0.895 bits per heavy atom. The van der Waals surface area contributed by atoms with Gasteiger partial charge in [-0.3, -0.25) is 24.3 Å². The number of amides is 2. The number of hydrogen-bond acceptors (Lipinski definition) is 5. The fourth-order valence-electron chi connectivity index (χ4n) is 6.63. The zero-order valence-corrected chi connectivity index (χ0v) is 22.0. The summed E-state index contributed by atoms with van der Waals surface area (Å²) in [5.41, 5.74) is 0.795. The summed E-state index contributed by atoms with van der Waals surface area (Å²) in [7, 11) is 0. The van der Waals surface area contributed by atoms with E-state index in [1.54, 1.807) is 41.0 Å². The van der Waals surface area contributed by atoms with Crippen molar-refractivity contribution in [1.29, 1.82) is 0 Å². The number of nitrogens with zero attached hydrogens (tertiary/aromatic N) is 3. The van der Waals surface area contributed by atoms with Gasteiger partial charge in [0, 0.05) is 11.6 Å². The van der Waals surface area contributed by atoms with Crippen LogP contribution < -0.4 is 15.8 Å². The first-order valence-corrected chi connectivity index (χ1v) is 13.2. The van der Waals surface area contributed by atoms with E-state index in [0.717, 1.165) is 5.56 Å². The average molecular weight is 545 g/mol. The minimum atomic E-state index is -1.19. The van der Waals surface area contributed by atoms with E-state index in [-0.39, 0.29) is 39.2 Å². The van der Waals surface area contributed by atoms with Crippen LogP contribution in [0, 0.1) is 17.8 Å². The summed E-state index contributed by atoms with van der Waals surface area (Å²) in [6.45, 7) is 4.03. The van der Waals surface area contributed by atoms with Crippen LogP contribution in [0.15, 0.2) is 71.5 Å². The Hall–Kier alpha value is -3.52. The number of aromatic nitrogens is 2. The molecule has 190 valence electrons. The van der Waals surface area contributed by atoms with E-state index in [4.69, 9.17) is 28.2 Å². The number of benzene rings is 3. The standard InChI is InChI=1S/C29H22Cl2N4O3/c1-14(2)24-21-22(27(38)34(26(21)37)20-13-7-10-17(30)23(20)31)29(33-24)16-9-4-6-12-19(16)35-25(36)15-8-3-5-11-18(15)32-28(29)35/h3-14,21-22,24,33H,1-2H3/t21-,22-,24-,29-/m1/s1. The van der Waals surface area contributed by atoms with Crippen molar-refractivity contribution < 1.29 is 9.59 Å². The number of anilines is 1. The van der Waals surface area contributed by atoms with Crippen molar-refractivity contribution in [3.8, 4) is 5.69 Å². The van der Waals surface area contributed by atoms with Crippen LogP contribution >= 0.6 is 23.2 Å². The predicted octanol–water partition coefficient (Wildman–Crippen LogP) is 4.68. The molecular weight excluding hydrogens is 523 g/mol. The molecule has 38 heavy (non-hydrogen) atoms. The summed E-state index contributed by atoms with van der Waals surface area (Å²) in [6.07, 6.45) is 0. The van der Waals surface area contributed by atoms with Gasteiger partial charge in [-0.2, -0.15) is 0 Å². The highest BCUT2D eigenvalue weighted by atomic mass is 35.5. The van der Waals surface area contributed by atoms with Crippen LogP contribution in [0.25, 0.3) is 16.6 Å². The molecule has 7 rings (SSSR count). The monoisotopic (exact) mass is 544 g/mol. The van der Waals surface area contributed by atoms with Gasteiger partial charge in [0.15, 0.2) is 0 Å². The lowest BCUT2D eigenvalue weighted by Crippen LogP contribution is -2.51. The van der Waals surface area contributed by atoms with Crippen LogP contribution in [0.3, 0.4) is 0 Å². The topological polar surface area (TPSA) is 84.3 Å². The van der Waals surface area contributed by atoms with Gasteiger partial charge in [-0.1, -0.05) is 73.4 Å². The highest BCUT2D eigenvalue weighted by Gasteiger charge is 2.70. The van der Waals surface area contributed by atoms with Crippen molar-refractivity contribution in [2.24, 2.45) is 17.8 Å². The molecule has 3 aromatic carbocycles. The number of fused-ring (bicyclic) bond motifs is 8. The number of rotatable bonds is 2. The summed E-state index contributed by atoms with van der Waals surface area (Å²) in [6, 6.07) is 19.2. The smallest absolute Gasteiger partial charge is 0.266 e. The van der Waals surface area contributed by atoms with Crippen LogP contribution in [0.4, 0.5) is 5.69 Å². The van der Waals surface area contributed by atoms with E-state index in [2.05, 4.69) is 5.32 Å². The van der Waals surface area contributed by atoms with Gasteiger partial charge in [0.05, 0.1) is 44.2 Å². The SMILES string of the molecule is CC(C)[C@H]1N[C@]2(c3ccccc3-n3c2nc2ccccc2c3=O)[C@H]2C(=O)N(c3cccc(Cl)c3Cl)C(=O)[C@@H]12. The molecule has 4 atom stereocenters. The van der Waals surface area contributed by atoms with E-state index in [0.29, 0.717) is 22.4 Å². The first-order valence-electron chi connectivity index (χ1n) is 12.5. The van der Waals surface area contributed by atoms with Crippen LogP contribution in [0.1, 0.15) is 25.2 Å². The molecule has 1 aromatic heterocycles. The van der Waals surface area contributed by atoms with Crippen molar-refractivity contribution in [2.75, 3.05) is 4.90 Å². The summed E-state index contributed by atoms with van der Waals surface area (Å²) in [5.74, 6) is -1.86. The number of para-hydroxylation sites is 2. The van der Waals surface area contributed by atoms with Crippen molar-refractivity contribution >= 4 is 51.6 Å². The molecular formula is C29H22Cl2N4O3. The molecule has 2 saturated heterocycles. The van der Waals surface area contributed by atoms with E-state index < -0.39 is 23.3 Å². The van der Waals surface area contributed by atoms with E-state index in [1.807, 2.05) is 44.2 Å². The fourth-order valence-corrected chi connectivity index (χ4v) is 7.01. The van der Waals surface area contributed by atoms with Gasteiger partial charge in [-0.15, -0.1) is 0 Å². The number of carbonyl (C=O) groups is 2. The quantitative estimate of drug-likeness (QED) is 0.370. The second-order valence-corrected chi connectivity index (χ2v) is 11.2. The molecule has 1 N–H and O–H groups in total. The molecule has 3 aliphatic rings. The first kappa shape index (κ1) is 23.6. The first-order chi connectivity index (χ1) is 18.3. The highest BCUT2D eigenvalue weighted by Crippen LogP contribution is 2.57. The Balaban J connectivity index is 1.54. The van der Waals surface area contributed by atoms with Gasteiger partial charge in [-0.05, 0) is 36.2 Å². The Morgan fingerprint density at radius 2 is 1.61 bits per heavy atom. The van der Waals surface area contributed by atoms with Crippen LogP contribution in [0.2, 0.25) is 10.0 Å². The Labute approximate surface area is 228 Å². The van der Waals surface area contributed by atoms with Crippen LogP contribution in [-0.2, 0) is 15.1 Å². The Morgan fingerprint density at radius 3 is 2.39 bits per heavy atom. The van der Waals surface area contributed by atoms with E-state index >= 15 is 0 Å². The molecule has 0 bridgehead atoms. The van der Waals surface area contributed by atoms with Crippen molar-refractivity contribution in [2.45, 2.75) is 25.4 Å². The van der Waals surface area contributed by atoms with Gasteiger partial charge in [-0.25, -0.2) is 9.88 Å². The second kappa shape index (κ2) is 7.99. The molecule has 0 aliphatic carbocycles. The molecule has 0 unspecified atom stereocenters. The lowest BCUT2D eigenvalue weighted by Gasteiger charge is -2.32. The largest absolute Gasteiger partial charge is 0.296 e. The number of halogens is 2. The van der Waals surface area contributed by atoms with Crippen LogP contribution in [0.5, 0.6) is 0 Å². The Kier molecular flexibility index (Phi) is 4.96. The highest BCUT2D eigenvalue weighted by molar-refractivity contribution is 6.45. The number of imide groups is 1. The van der Waals surface area contributed by atoms with Gasteiger partial charge < -0.3 is 0 Å². The van der Waals surface area contributed by atoms with Crippen molar-refractivity contribution in [1.82, 2.24) is 14.9 Å². The normalized spacial score (nSPS) is 25.5. The average Bonchev–Trinajstić information content (AvgIpc) is 3.50. The van der Waals surface area contributed by atoms with Gasteiger partial charge in [0.2, 0.25) is 11.8 Å². The maximum absolute atomic E-state index is 14.4. The molecule has 0 saturated carbocycles. The molecule has 2 fully saturated rings. The molecule has 4 heterocycles. The zero-order chi connectivity index (χ0) is 26.5. The molecule has 4 aromatic rings. The minimum Gasteiger partial charge on any atom is -0.296 e. The minimum absolute atomic E-state index is 0.00167. The van der Waals surface area contributed by atoms with E-state index in [9.17, 15) is 14.4 Å². The maximum Gasteiger partial charge on any atom is 0.266 e. The third-order valence-electron chi connectivity index (χ3n) is 8.19. The fraction of sp³-hybridized carbons (Fsp3) is 0.241. The molecule has 9 heteroatoms. The number of hydrogen-bond donors (Lipinski definition) is 1. The van der Waals surface area contributed by atoms with Crippen LogP contribution in [-0.4, -0.2) is 27.4 Å². The summed E-state index contributed by atoms with van der Waals surface area (Å²) in [4.78, 5) is 48.5. The van der Waals surface area contributed by atoms with Gasteiger partial charge >= 0.3 is 0 Å². The lowest BCUT2D eigenvalue weighted by molar-refractivity contribution is -0.123. The third-order valence-corrected chi connectivity index (χ3v) is 9.00. The molecule has 2 amide bonds. The van der Waals surface area contributed by atoms with Gasteiger partial charge in [0.1, 0.15) is 11.4 Å². The van der Waals surface area contributed by atoms with E-state index in [1.165, 1.54) is 4.90 Å². The maximum atomic E-state index is 14.4. The predicted molar refractivity (Wildman–Crippen MR) is 146 cm³/mol. The lowest BCUT2D eigenvalue weighted by atomic mass is 9.75. The summed E-state index contributed by atoms with van der Waals surface area (Å²) in [5, 5.41) is 4.57. The molecule has 7 nitrogen and oxygen atoms in total. The van der Waals surface area contributed by atoms with Crippen molar-refractivity contribution in [3.05, 3.63) is 98.5 Å². The number of nitrogens with one attached hydrogen (secondary N) is 1. The summed E-state index contributed by atoms with van der Waals surface area (Å²) < 4.78 is 1.59. The molecule has 3 aliphatic heterocycles. The Bertz CT molecular complexity index is 1770. The summed E-state index contributed by atoms with van der Waals surface area (Å²) >= 11 is 12.8. The van der Waals surface area contributed by atoms with Gasteiger partial charge in [0.25, 0.3) is 5.56 Å². The van der Waals surface area contributed by atoms with Crippen molar-refractivity contribution in [3.63, 3.8) is 0 Å². The number of carbonyl (C=O) groups excluding carboxylic acids is 2. The second-order valence-electron chi connectivity index (χ2n) is 10.4. The molecule has 0 radical (unpaired) electrons. The zero-order valence-electron chi connectivity index (χ0n) is 20.5.